The molecule has 2 atom stereocenters. The standard InChI is InChI=1S/C17H22Cl2N2O3/c1-10(2)15(17(23)21-6-7-24-11(3)9-21)20-16(22)13-5-4-12(18)8-14(13)19/h4-5,8,10-11,15H,6-7,9H2,1-3H3,(H,20,22)/t11?,15-/m0/s1. The molecule has 132 valence electrons. The average Bonchev–Trinajstić information content (AvgIpc) is 2.51. The van der Waals surface area contributed by atoms with Crippen molar-refractivity contribution in [2.24, 2.45) is 5.92 Å². The first kappa shape index (κ1) is 19.0. The fourth-order valence-electron chi connectivity index (χ4n) is 2.62. The number of hydrogen-bond acceptors (Lipinski definition) is 3. The van der Waals surface area contributed by atoms with Crippen molar-refractivity contribution < 1.29 is 14.3 Å². The van der Waals surface area contributed by atoms with E-state index >= 15 is 0 Å². The van der Waals surface area contributed by atoms with Crippen LogP contribution in [-0.2, 0) is 9.53 Å². The van der Waals surface area contributed by atoms with E-state index in [9.17, 15) is 9.59 Å². The highest BCUT2D eigenvalue weighted by atomic mass is 35.5. The van der Waals surface area contributed by atoms with Crippen LogP contribution in [0.1, 0.15) is 31.1 Å². The number of halogens is 2. The fourth-order valence-corrected chi connectivity index (χ4v) is 3.12. The van der Waals surface area contributed by atoms with Crippen LogP contribution < -0.4 is 5.32 Å². The molecule has 1 fully saturated rings. The molecular weight excluding hydrogens is 351 g/mol. The van der Waals surface area contributed by atoms with Gasteiger partial charge in [0.15, 0.2) is 0 Å². The number of nitrogens with zero attached hydrogens (tertiary/aromatic N) is 1. The smallest absolute Gasteiger partial charge is 0.253 e. The number of nitrogens with one attached hydrogen (secondary N) is 1. The van der Waals surface area contributed by atoms with Gasteiger partial charge in [0.05, 0.1) is 23.3 Å². The monoisotopic (exact) mass is 372 g/mol. The van der Waals surface area contributed by atoms with Crippen LogP contribution in [0.5, 0.6) is 0 Å². The van der Waals surface area contributed by atoms with Gasteiger partial charge in [-0.2, -0.15) is 0 Å². The van der Waals surface area contributed by atoms with Gasteiger partial charge in [-0.25, -0.2) is 0 Å². The minimum atomic E-state index is -0.616. The van der Waals surface area contributed by atoms with Gasteiger partial charge < -0.3 is 15.0 Å². The Morgan fingerprint density at radius 1 is 1.33 bits per heavy atom. The van der Waals surface area contributed by atoms with Gasteiger partial charge in [0.25, 0.3) is 5.91 Å². The van der Waals surface area contributed by atoms with Crippen LogP contribution in [0.15, 0.2) is 18.2 Å². The van der Waals surface area contributed by atoms with E-state index in [0.717, 1.165) is 0 Å². The number of hydrogen-bond donors (Lipinski definition) is 1. The molecule has 0 saturated carbocycles. The molecule has 1 aromatic carbocycles. The molecule has 0 spiro atoms. The first-order valence-electron chi connectivity index (χ1n) is 7.96. The molecule has 0 bridgehead atoms. The van der Waals surface area contributed by atoms with Crippen molar-refractivity contribution in [1.82, 2.24) is 10.2 Å². The molecule has 7 heteroatoms. The third-order valence-corrected chi connectivity index (χ3v) is 4.50. The van der Waals surface area contributed by atoms with E-state index in [4.69, 9.17) is 27.9 Å². The van der Waals surface area contributed by atoms with Crippen molar-refractivity contribution in [2.45, 2.75) is 32.9 Å². The third kappa shape index (κ3) is 4.62. The van der Waals surface area contributed by atoms with Crippen molar-refractivity contribution in [3.63, 3.8) is 0 Å². The second-order valence-corrected chi connectivity index (χ2v) is 7.13. The summed E-state index contributed by atoms with van der Waals surface area (Å²) in [4.78, 5) is 27.0. The summed E-state index contributed by atoms with van der Waals surface area (Å²) in [5.74, 6) is -0.533. The number of carbonyl (C=O) groups excluding carboxylic acids is 2. The maximum Gasteiger partial charge on any atom is 0.253 e. The SMILES string of the molecule is CC1CN(C(=O)[C@@H](NC(=O)c2ccc(Cl)cc2Cl)C(C)C)CCO1. The van der Waals surface area contributed by atoms with Crippen molar-refractivity contribution in [2.75, 3.05) is 19.7 Å². The van der Waals surface area contributed by atoms with Crippen molar-refractivity contribution in [3.05, 3.63) is 33.8 Å². The van der Waals surface area contributed by atoms with E-state index in [1.54, 1.807) is 17.0 Å². The normalized spacial score (nSPS) is 19.2. The summed E-state index contributed by atoms with van der Waals surface area (Å²) in [6.45, 7) is 7.29. The molecule has 1 aliphatic rings. The predicted octanol–water partition coefficient (Wildman–Crippen LogP) is 3.00. The lowest BCUT2D eigenvalue weighted by atomic mass is 10.0. The Bertz CT molecular complexity index is 622. The van der Waals surface area contributed by atoms with Crippen LogP contribution in [0, 0.1) is 5.92 Å². The lowest BCUT2D eigenvalue weighted by Gasteiger charge is -2.35. The molecule has 1 N–H and O–H groups in total. The zero-order chi connectivity index (χ0) is 17.9. The molecule has 2 rings (SSSR count). The largest absolute Gasteiger partial charge is 0.375 e. The lowest BCUT2D eigenvalue weighted by Crippen LogP contribution is -2.55. The Labute approximate surface area is 152 Å². The van der Waals surface area contributed by atoms with Crippen molar-refractivity contribution >= 4 is 35.0 Å². The van der Waals surface area contributed by atoms with E-state index in [1.165, 1.54) is 6.07 Å². The average molecular weight is 373 g/mol. The molecule has 0 aromatic heterocycles. The fraction of sp³-hybridized carbons (Fsp3) is 0.529. The topological polar surface area (TPSA) is 58.6 Å². The zero-order valence-corrected chi connectivity index (χ0v) is 15.5. The Kier molecular flexibility index (Phi) is 6.49. The molecule has 1 unspecified atom stereocenters. The number of amides is 2. The summed E-state index contributed by atoms with van der Waals surface area (Å²) in [7, 11) is 0. The van der Waals surface area contributed by atoms with Crippen LogP contribution in [0.25, 0.3) is 0 Å². The van der Waals surface area contributed by atoms with Gasteiger partial charge in [0.1, 0.15) is 6.04 Å². The van der Waals surface area contributed by atoms with Gasteiger partial charge in [-0.05, 0) is 31.0 Å². The number of carbonyl (C=O) groups is 2. The molecule has 24 heavy (non-hydrogen) atoms. The summed E-state index contributed by atoms with van der Waals surface area (Å²) in [5, 5.41) is 3.52. The predicted molar refractivity (Wildman–Crippen MR) is 94.5 cm³/mol. The maximum atomic E-state index is 12.8. The highest BCUT2D eigenvalue weighted by molar-refractivity contribution is 6.36. The van der Waals surface area contributed by atoms with Crippen LogP contribution in [0.3, 0.4) is 0 Å². The zero-order valence-electron chi connectivity index (χ0n) is 14.0. The van der Waals surface area contributed by atoms with Crippen LogP contribution in [-0.4, -0.2) is 48.6 Å². The Morgan fingerprint density at radius 3 is 2.62 bits per heavy atom. The quantitative estimate of drug-likeness (QED) is 0.883. The molecule has 1 aromatic rings. The van der Waals surface area contributed by atoms with Crippen LogP contribution in [0.4, 0.5) is 0 Å². The first-order chi connectivity index (χ1) is 11.3. The molecule has 0 aliphatic carbocycles. The highest BCUT2D eigenvalue weighted by Gasteiger charge is 2.31. The maximum absolute atomic E-state index is 12.8. The van der Waals surface area contributed by atoms with Gasteiger partial charge in [-0.15, -0.1) is 0 Å². The van der Waals surface area contributed by atoms with E-state index < -0.39 is 6.04 Å². The molecule has 5 nitrogen and oxygen atoms in total. The van der Waals surface area contributed by atoms with E-state index in [0.29, 0.717) is 30.3 Å². The Morgan fingerprint density at radius 2 is 2.04 bits per heavy atom. The minimum absolute atomic E-state index is 0.00285. The Balaban J connectivity index is 2.12. The Hall–Kier alpha value is -1.30. The van der Waals surface area contributed by atoms with Crippen LogP contribution >= 0.6 is 23.2 Å². The van der Waals surface area contributed by atoms with E-state index in [1.807, 2.05) is 20.8 Å². The van der Waals surface area contributed by atoms with Gasteiger partial charge in [0, 0.05) is 18.1 Å². The molecular formula is C17H22Cl2N2O3. The number of morpholine rings is 1. The summed E-state index contributed by atoms with van der Waals surface area (Å²) >= 11 is 11.9. The summed E-state index contributed by atoms with van der Waals surface area (Å²) < 4.78 is 5.46. The molecule has 0 radical (unpaired) electrons. The van der Waals surface area contributed by atoms with Gasteiger partial charge in [0.2, 0.25) is 5.91 Å². The third-order valence-electron chi connectivity index (χ3n) is 3.95. The second kappa shape index (κ2) is 8.19. The lowest BCUT2D eigenvalue weighted by molar-refractivity contribution is -0.141. The number of benzene rings is 1. The first-order valence-corrected chi connectivity index (χ1v) is 8.71. The highest BCUT2D eigenvalue weighted by Crippen LogP contribution is 2.21. The van der Waals surface area contributed by atoms with E-state index in [2.05, 4.69) is 5.32 Å². The molecule has 2 amide bonds. The van der Waals surface area contributed by atoms with Crippen molar-refractivity contribution in [1.29, 1.82) is 0 Å². The van der Waals surface area contributed by atoms with Gasteiger partial charge >= 0.3 is 0 Å². The van der Waals surface area contributed by atoms with Crippen molar-refractivity contribution in [3.8, 4) is 0 Å². The summed E-state index contributed by atoms with van der Waals surface area (Å²) in [6.07, 6.45) is -0.00285. The van der Waals surface area contributed by atoms with Crippen LogP contribution in [0.2, 0.25) is 10.0 Å². The summed E-state index contributed by atoms with van der Waals surface area (Å²) in [5.41, 5.74) is 0.301. The summed E-state index contributed by atoms with van der Waals surface area (Å²) in [6, 6.07) is 4.04. The van der Waals surface area contributed by atoms with Gasteiger partial charge in [-0.3, -0.25) is 9.59 Å². The number of rotatable bonds is 4. The molecule has 1 heterocycles. The van der Waals surface area contributed by atoms with E-state index in [-0.39, 0.29) is 28.9 Å². The van der Waals surface area contributed by atoms with Gasteiger partial charge in [-0.1, -0.05) is 37.0 Å². The number of ether oxygens (including phenoxy) is 1. The molecule has 1 aliphatic heterocycles. The minimum Gasteiger partial charge on any atom is -0.375 e. The second-order valence-electron chi connectivity index (χ2n) is 6.28. The molecule has 1 saturated heterocycles.